The van der Waals surface area contributed by atoms with Crippen LogP contribution < -0.4 is 19.7 Å². The van der Waals surface area contributed by atoms with Crippen molar-refractivity contribution in [1.82, 2.24) is 5.32 Å². The molecule has 0 radical (unpaired) electrons. The zero-order valence-corrected chi connectivity index (χ0v) is 19.7. The van der Waals surface area contributed by atoms with E-state index in [1.54, 1.807) is 25.1 Å². The minimum absolute atomic E-state index is 0.180. The van der Waals surface area contributed by atoms with E-state index in [-0.39, 0.29) is 23.7 Å². The predicted molar refractivity (Wildman–Crippen MR) is 123 cm³/mol. The van der Waals surface area contributed by atoms with Gasteiger partial charge in [0.1, 0.15) is 5.57 Å². The molecule has 0 saturated carbocycles. The van der Waals surface area contributed by atoms with E-state index in [1.807, 2.05) is 13.8 Å². The number of hydrogen-bond donors (Lipinski definition) is 2. The number of carbonyl (C=O) groups excluding carboxylic acids is 3. The lowest BCUT2D eigenvalue weighted by Crippen LogP contribution is -2.54. The molecule has 0 unspecified atom stereocenters. The van der Waals surface area contributed by atoms with Gasteiger partial charge in [-0.25, -0.2) is 14.5 Å². The van der Waals surface area contributed by atoms with Crippen LogP contribution in [0.1, 0.15) is 23.6 Å². The second-order valence-corrected chi connectivity index (χ2v) is 8.02. The first-order chi connectivity index (χ1) is 15.6. The Morgan fingerprint density at radius 2 is 1.79 bits per heavy atom. The number of anilines is 1. The number of rotatable bonds is 7. The van der Waals surface area contributed by atoms with Gasteiger partial charge in [0.25, 0.3) is 11.8 Å². The summed E-state index contributed by atoms with van der Waals surface area (Å²) in [6, 6.07) is 7.26. The van der Waals surface area contributed by atoms with Crippen LogP contribution >= 0.6 is 15.9 Å². The molecular formula is C23H21BrN2O7. The molecule has 9 nitrogen and oxygen atoms in total. The Hall–Kier alpha value is -3.66. The Balaban J connectivity index is 2.03. The molecule has 1 heterocycles. The zero-order valence-electron chi connectivity index (χ0n) is 18.1. The molecule has 1 fully saturated rings. The number of carbonyl (C=O) groups is 4. The number of carboxylic acids is 1. The highest BCUT2D eigenvalue weighted by molar-refractivity contribution is 9.10. The van der Waals surface area contributed by atoms with Gasteiger partial charge in [0.15, 0.2) is 18.1 Å². The van der Waals surface area contributed by atoms with Crippen LogP contribution in [-0.2, 0) is 14.4 Å². The van der Waals surface area contributed by atoms with E-state index < -0.39 is 30.4 Å². The number of aryl methyl sites for hydroxylation is 2. The molecule has 1 aliphatic rings. The molecule has 0 atom stereocenters. The average Bonchev–Trinajstić information content (AvgIpc) is 2.74. The van der Waals surface area contributed by atoms with Crippen LogP contribution in [0, 0.1) is 13.8 Å². The van der Waals surface area contributed by atoms with Crippen LogP contribution in [0.2, 0.25) is 0 Å². The summed E-state index contributed by atoms with van der Waals surface area (Å²) in [5, 5.41) is 11.1. The normalized spacial score (nSPS) is 15.0. The number of carboxylic acid groups (broad SMARTS) is 1. The standard InChI is InChI=1S/C23H21BrN2O7/c1-4-32-18-9-14(17(24)10-19(18)33-11-20(27)28)8-16-21(29)25-23(31)26(22(16)30)15-6-5-12(2)13(3)7-15/h5-10H,4,11H2,1-3H3,(H,27,28)(H,25,29,31)/b16-8+. The molecule has 2 aromatic rings. The van der Waals surface area contributed by atoms with E-state index in [4.69, 9.17) is 14.6 Å². The Morgan fingerprint density at radius 3 is 2.42 bits per heavy atom. The molecule has 0 aliphatic carbocycles. The summed E-state index contributed by atoms with van der Waals surface area (Å²) in [5.41, 5.74) is 2.36. The molecule has 4 amide bonds. The predicted octanol–water partition coefficient (Wildman–Crippen LogP) is 3.59. The molecular weight excluding hydrogens is 496 g/mol. The fraction of sp³-hybridized carbons (Fsp3) is 0.217. The van der Waals surface area contributed by atoms with Crippen molar-refractivity contribution < 1.29 is 33.8 Å². The fourth-order valence-corrected chi connectivity index (χ4v) is 3.53. The van der Waals surface area contributed by atoms with Crippen molar-refractivity contribution >= 4 is 51.5 Å². The Kier molecular flexibility index (Phi) is 7.17. The van der Waals surface area contributed by atoms with Gasteiger partial charge in [0, 0.05) is 4.47 Å². The summed E-state index contributed by atoms with van der Waals surface area (Å²) < 4.78 is 11.2. The van der Waals surface area contributed by atoms with Gasteiger partial charge < -0.3 is 14.6 Å². The van der Waals surface area contributed by atoms with Crippen LogP contribution in [0.3, 0.4) is 0 Å². The quantitative estimate of drug-likeness (QED) is 0.425. The second kappa shape index (κ2) is 9.86. The first kappa shape index (κ1) is 24.0. The number of ether oxygens (including phenoxy) is 2. The van der Waals surface area contributed by atoms with Gasteiger partial charge >= 0.3 is 12.0 Å². The third kappa shape index (κ3) is 5.23. The minimum Gasteiger partial charge on any atom is -0.490 e. The van der Waals surface area contributed by atoms with Crippen molar-refractivity contribution in [3.8, 4) is 11.5 Å². The summed E-state index contributed by atoms with van der Waals surface area (Å²) in [6.45, 7) is 5.21. The number of amides is 4. The van der Waals surface area contributed by atoms with Crippen LogP contribution in [0.5, 0.6) is 11.5 Å². The summed E-state index contributed by atoms with van der Waals surface area (Å²) in [6.07, 6.45) is 1.33. The zero-order chi connectivity index (χ0) is 24.3. The Bertz CT molecular complexity index is 1190. The molecule has 0 spiro atoms. The molecule has 2 N–H and O–H groups in total. The molecule has 3 rings (SSSR count). The molecule has 1 aliphatic heterocycles. The number of urea groups is 1. The maximum Gasteiger partial charge on any atom is 0.341 e. The first-order valence-corrected chi connectivity index (χ1v) is 10.7. The first-order valence-electron chi connectivity index (χ1n) is 9.92. The number of hydrogen-bond acceptors (Lipinski definition) is 6. The van der Waals surface area contributed by atoms with Crippen molar-refractivity contribution in [3.63, 3.8) is 0 Å². The number of imide groups is 2. The van der Waals surface area contributed by atoms with E-state index in [0.29, 0.717) is 15.7 Å². The van der Waals surface area contributed by atoms with E-state index in [0.717, 1.165) is 16.0 Å². The fourth-order valence-electron chi connectivity index (χ4n) is 3.09. The number of barbiturate groups is 1. The van der Waals surface area contributed by atoms with E-state index in [2.05, 4.69) is 21.2 Å². The lowest BCUT2D eigenvalue weighted by molar-refractivity contribution is -0.139. The lowest BCUT2D eigenvalue weighted by Gasteiger charge is -2.27. The van der Waals surface area contributed by atoms with Crippen LogP contribution in [0.15, 0.2) is 40.4 Å². The maximum atomic E-state index is 13.2. The van der Waals surface area contributed by atoms with Crippen LogP contribution in [0.4, 0.5) is 10.5 Å². The van der Waals surface area contributed by atoms with Gasteiger partial charge in [-0.2, -0.15) is 0 Å². The summed E-state index contributed by atoms with van der Waals surface area (Å²) in [7, 11) is 0. The molecule has 172 valence electrons. The lowest BCUT2D eigenvalue weighted by atomic mass is 10.0. The van der Waals surface area contributed by atoms with Gasteiger partial charge in [-0.05, 0) is 67.8 Å². The topological polar surface area (TPSA) is 122 Å². The number of nitrogens with one attached hydrogen (secondary N) is 1. The van der Waals surface area contributed by atoms with Crippen LogP contribution in [-0.4, -0.2) is 42.1 Å². The van der Waals surface area contributed by atoms with Crippen molar-refractivity contribution in [2.45, 2.75) is 20.8 Å². The largest absolute Gasteiger partial charge is 0.490 e. The highest BCUT2D eigenvalue weighted by Gasteiger charge is 2.37. The van der Waals surface area contributed by atoms with Gasteiger partial charge in [-0.1, -0.05) is 22.0 Å². The summed E-state index contributed by atoms with van der Waals surface area (Å²) >= 11 is 3.34. The van der Waals surface area contributed by atoms with Crippen LogP contribution in [0.25, 0.3) is 6.08 Å². The molecule has 2 aromatic carbocycles. The molecule has 33 heavy (non-hydrogen) atoms. The Morgan fingerprint density at radius 1 is 1.09 bits per heavy atom. The smallest absolute Gasteiger partial charge is 0.341 e. The van der Waals surface area contributed by atoms with Gasteiger partial charge in [0.05, 0.1) is 12.3 Å². The number of halogens is 1. The summed E-state index contributed by atoms with van der Waals surface area (Å²) in [5.74, 6) is -2.34. The highest BCUT2D eigenvalue weighted by Crippen LogP contribution is 2.35. The third-order valence-corrected chi connectivity index (χ3v) is 5.55. The number of aliphatic carboxylic acids is 1. The molecule has 10 heteroatoms. The van der Waals surface area contributed by atoms with E-state index >= 15 is 0 Å². The van der Waals surface area contributed by atoms with Crippen molar-refractivity contribution in [3.05, 3.63) is 57.1 Å². The van der Waals surface area contributed by atoms with E-state index in [9.17, 15) is 19.2 Å². The second-order valence-electron chi connectivity index (χ2n) is 7.16. The van der Waals surface area contributed by atoms with Crippen molar-refractivity contribution in [2.24, 2.45) is 0 Å². The Labute approximate surface area is 198 Å². The van der Waals surface area contributed by atoms with Crippen molar-refractivity contribution in [2.75, 3.05) is 18.1 Å². The van der Waals surface area contributed by atoms with Crippen molar-refractivity contribution in [1.29, 1.82) is 0 Å². The van der Waals surface area contributed by atoms with Gasteiger partial charge in [-0.3, -0.25) is 14.9 Å². The minimum atomic E-state index is -1.15. The SMILES string of the molecule is CCOc1cc(/C=C2\C(=O)NC(=O)N(c3ccc(C)c(C)c3)C2=O)c(Br)cc1OCC(=O)O. The molecule has 1 saturated heterocycles. The number of nitrogens with zero attached hydrogens (tertiary/aromatic N) is 1. The molecule has 0 bridgehead atoms. The van der Waals surface area contributed by atoms with E-state index in [1.165, 1.54) is 18.2 Å². The van der Waals surface area contributed by atoms with Gasteiger partial charge in [0.2, 0.25) is 0 Å². The third-order valence-electron chi connectivity index (χ3n) is 4.86. The monoisotopic (exact) mass is 516 g/mol. The average molecular weight is 517 g/mol. The highest BCUT2D eigenvalue weighted by atomic mass is 79.9. The number of benzene rings is 2. The van der Waals surface area contributed by atoms with Gasteiger partial charge in [-0.15, -0.1) is 0 Å². The maximum absolute atomic E-state index is 13.2. The molecule has 0 aromatic heterocycles. The summed E-state index contributed by atoms with van der Waals surface area (Å²) in [4.78, 5) is 49.8.